The van der Waals surface area contributed by atoms with Gasteiger partial charge in [0.05, 0.1) is 0 Å². The number of allylic oxidation sites excluding steroid dienone is 2. The molecule has 11 heavy (non-hydrogen) atoms. The summed E-state index contributed by atoms with van der Waals surface area (Å²) in [5.41, 5.74) is 3.01. The molecule has 0 aromatic rings. The van der Waals surface area contributed by atoms with Gasteiger partial charge in [-0.2, -0.15) is 0 Å². The van der Waals surface area contributed by atoms with Gasteiger partial charge in [-0.3, -0.25) is 0 Å². The average Bonchev–Trinajstić information content (AvgIpc) is 1.91. The Bertz CT molecular complexity index is 192. The van der Waals surface area contributed by atoms with Crippen LogP contribution in [0.1, 0.15) is 34.1 Å². The smallest absolute Gasteiger partial charge is 0.00984 e. The van der Waals surface area contributed by atoms with Crippen molar-refractivity contribution in [3.8, 4) is 0 Å². The van der Waals surface area contributed by atoms with E-state index in [2.05, 4.69) is 40.9 Å². The van der Waals surface area contributed by atoms with Crippen molar-refractivity contribution in [2.75, 3.05) is 0 Å². The van der Waals surface area contributed by atoms with E-state index in [0.717, 1.165) is 0 Å². The standard InChI is InChI=1S/C11H18/c1-8-9(2)11(5,6)7-10(8,3)4/h1-2,7H2,3-6H3. The summed E-state index contributed by atoms with van der Waals surface area (Å²) >= 11 is 0. The minimum absolute atomic E-state index is 0.264. The highest BCUT2D eigenvalue weighted by Crippen LogP contribution is 2.54. The molecule has 0 aromatic heterocycles. The van der Waals surface area contributed by atoms with Gasteiger partial charge in [0.25, 0.3) is 0 Å². The van der Waals surface area contributed by atoms with E-state index >= 15 is 0 Å². The molecular weight excluding hydrogens is 132 g/mol. The second-order valence-corrected chi connectivity index (χ2v) is 4.90. The molecule has 0 aliphatic heterocycles. The van der Waals surface area contributed by atoms with Crippen molar-refractivity contribution in [2.45, 2.75) is 34.1 Å². The van der Waals surface area contributed by atoms with Crippen molar-refractivity contribution in [2.24, 2.45) is 10.8 Å². The van der Waals surface area contributed by atoms with E-state index < -0.39 is 0 Å². The molecule has 0 saturated heterocycles. The Morgan fingerprint density at radius 1 is 0.909 bits per heavy atom. The summed E-state index contributed by atoms with van der Waals surface area (Å²) < 4.78 is 0. The molecule has 62 valence electrons. The monoisotopic (exact) mass is 150 g/mol. The average molecular weight is 150 g/mol. The van der Waals surface area contributed by atoms with Crippen molar-refractivity contribution in [1.82, 2.24) is 0 Å². The van der Waals surface area contributed by atoms with Gasteiger partial charge in [0.2, 0.25) is 0 Å². The first kappa shape index (κ1) is 8.58. The molecule has 0 amide bonds. The van der Waals surface area contributed by atoms with Gasteiger partial charge in [-0.25, -0.2) is 0 Å². The van der Waals surface area contributed by atoms with E-state index in [9.17, 15) is 0 Å². The lowest BCUT2D eigenvalue weighted by molar-refractivity contribution is 0.339. The topological polar surface area (TPSA) is 0 Å². The van der Waals surface area contributed by atoms with Gasteiger partial charge >= 0.3 is 0 Å². The fourth-order valence-corrected chi connectivity index (χ4v) is 2.14. The van der Waals surface area contributed by atoms with Crippen LogP contribution in [0.4, 0.5) is 0 Å². The summed E-state index contributed by atoms with van der Waals surface area (Å²) in [4.78, 5) is 0. The van der Waals surface area contributed by atoms with Crippen LogP contribution < -0.4 is 0 Å². The highest BCUT2D eigenvalue weighted by molar-refractivity contribution is 5.41. The highest BCUT2D eigenvalue weighted by Gasteiger charge is 2.42. The van der Waals surface area contributed by atoms with Crippen LogP contribution in [0.3, 0.4) is 0 Å². The van der Waals surface area contributed by atoms with Gasteiger partial charge < -0.3 is 0 Å². The zero-order chi connectivity index (χ0) is 8.86. The zero-order valence-electron chi connectivity index (χ0n) is 8.12. The second kappa shape index (κ2) is 2.00. The van der Waals surface area contributed by atoms with E-state index in [1.807, 2.05) is 0 Å². The minimum atomic E-state index is 0.264. The third kappa shape index (κ3) is 1.15. The Kier molecular flexibility index (Phi) is 1.56. The Labute approximate surface area is 70.0 Å². The van der Waals surface area contributed by atoms with E-state index in [0.29, 0.717) is 0 Å². The fourth-order valence-electron chi connectivity index (χ4n) is 2.14. The summed E-state index contributed by atoms with van der Waals surface area (Å²) in [5, 5.41) is 0. The Morgan fingerprint density at radius 3 is 1.27 bits per heavy atom. The molecule has 0 bridgehead atoms. The van der Waals surface area contributed by atoms with Crippen molar-refractivity contribution in [3.05, 3.63) is 24.3 Å². The van der Waals surface area contributed by atoms with Crippen molar-refractivity contribution in [3.63, 3.8) is 0 Å². The van der Waals surface area contributed by atoms with E-state index in [1.54, 1.807) is 0 Å². The molecule has 1 fully saturated rings. The van der Waals surface area contributed by atoms with Crippen LogP contribution in [0.5, 0.6) is 0 Å². The lowest BCUT2D eigenvalue weighted by atomic mass is 9.84. The molecule has 0 N–H and O–H groups in total. The molecule has 0 heteroatoms. The number of hydrogen-bond donors (Lipinski definition) is 0. The summed E-state index contributed by atoms with van der Waals surface area (Å²) in [6.45, 7) is 17.1. The van der Waals surface area contributed by atoms with Crippen LogP contribution in [0.15, 0.2) is 24.3 Å². The van der Waals surface area contributed by atoms with Crippen molar-refractivity contribution < 1.29 is 0 Å². The lowest BCUT2D eigenvalue weighted by Gasteiger charge is -2.20. The molecule has 0 radical (unpaired) electrons. The van der Waals surface area contributed by atoms with Crippen LogP contribution in [0.2, 0.25) is 0 Å². The molecule has 0 unspecified atom stereocenters. The van der Waals surface area contributed by atoms with Gasteiger partial charge in [0.1, 0.15) is 0 Å². The molecule has 1 rings (SSSR count). The Morgan fingerprint density at radius 2 is 1.18 bits per heavy atom. The van der Waals surface area contributed by atoms with Crippen LogP contribution >= 0.6 is 0 Å². The fraction of sp³-hybridized carbons (Fsp3) is 0.636. The quantitative estimate of drug-likeness (QED) is 0.495. The van der Waals surface area contributed by atoms with Crippen LogP contribution in [-0.2, 0) is 0 Å². The van der Waals surface area contributed by atoms with Crippen molar-refractivity contribution in [1.29, 1.82) is 0 Å². The number of rotatable bonds is 0. The first-order valence-corrected chi connectivity index (χ1v) is 4.16. The normalized spacial score (nSPS) is 27.6. The highest BCUT2D eigenvalue weighted by atomic mass is 14.5. The Balaban J connectivity index is 3.06. The molecule has 1 aliphatic rings. The van der Waals surface area contributed by atoms with Gasteiger partial charge in [-0.15, -0.1) is 0 Å². The molecular formula is C11H18. The number of hydrogen-bond acceptors (Lipinski definition) is 0. The molecule has 1 saturated carbocycles. The molecule has 0 atom stereocenters. The van der Waals surface area contributed by atoms with Crippen molar-refractivity contribution >= 4 is 0 Å². The van der Waals surface area contributed by atoms with Crippen LogP contribution in [0.25, 0.3) is 0 Å². The van der Waals surface area contributed by atoms with E-state index in [-0.39, 0.29) is 10.8 Å². The predicted molar refractivity (Wildman–Crippen MR) is 50.5 cm³/mol. The largest absolute Gasteiger partial charge is 0.0950 e. The van der Waals surface area contributed by atoms with Gasteiger partial charge in [0, 0.05) is 0 Å². The van der Waals surface area contributed by atoms with Gasteiger partial charge in [0.15, 0.2) is 0 Å². The predicted octanol–water partition coefficient (Wildman–Crippen LogP) is 3.55. The molecule has 0 nitrogen and oxygen atoms in total. The first-order chi connectivity index (χ1) is 4.77. The lowest BCUT2D eigenvalue weighted by Crippen LogP contribution is -2.10. The third-order valence-corrected chi connectivity index (χ3v) is 2.88. The maximum Gasteiger partial charge on any atom is -0.00984 e. The molecule has 1 aliphatic carbocycles. The van der Waals surface area contributed by atoms with E-state index in [4.69, 9.17) is 0 Å². The van der Waals surface area contributed by atoms with Crippen LogP contribution in [-0.4, -0.2) is 0 Å². The summed E-state index contributed by atoms with van der Waals surface area (Å²) in [7, 11) is 0. The van der Waals surface area contributed by atoms with Gasteiger partial charge in [-0.1, -0.05) is 40.9 Å². The SMILES string of the molecule is C=C1C(=C)C(C)(C)CC1(C)C. The maximum atomic E-state index is 4.08. The summed E-state index contributed by atoms with van der Waals surface area (Å²) in [6, 6.07) is 0. The summed E-state index contributed by atoms with van der Waals surface area (Å²) in [5.74, 6) is 0. The molecule has 0 heterocycles. The van der Waals surface area contributed by atoms with Gasteiger partial charge in [-0.05, 0) is 28.4 Å². The van der Waals surface area contributed by atoms with Crippen LogP contribution in [0, 0.1) is 10.8 Å². The third-order valence-electron chi connectivity index (χ3n) is 2.88. The zero-order valence-corrected chi connectivity index (χ0v) is 8.12. The van der Waals surface area contributed by atoms with E-state index in [1.165, 1.54) is 17.6 Å². The maximum absolute atomic E-state index is 4.08. The Hall–Kier alpha value is -0.520. The molecule has 0 spiro atoms. The second-order valence-electron chi connectivity index (χ2n) is 4.90. The molecule has 0 aromatic carbocycles. The summed E-state index contributed by atoms with van der Waals surface area (Å²) in [6.07, 6.45) is 1.18. The minimum Gasteiger partial charge on any atom is -0.0950 e. The first-order valence-electron chi connectivity index (χ1n) is 4.16.